The Kier molecular flexibility index (Phi) is 6.00. The molecule has 23 heavy (non-hydrogen) atoms. The van der Waals surface area contributed by atoms with E-state index in [0.717, 1.165) is 6.42 Å². The van der Waals surface area contributed by atoms with E-state index in [0.29, 0.717) is 28.5 Å². The first kappa shape index (κ1) is 16.8. The van der Waals surface area contributed by atoms with Crippen LogP contribution in [0.2, 0.25) is 5.02 Å². The highest BCUT2D eigenvalue weighted by Gasteiger charge is 2.09. The highest BCUT2D eigenvalue weighted by molar-refractivity contribution is 6.30. The van der Waals surface area contributed by atoms with Gasteiger partial charge in [0.05, 0.1) is 6.61 Å². The number of nitrogens with one attached hydrogen (secondary N) is 2. The van der Waals surface area contributed by atoms with Crippen LogP contribution in [-0.4, -0.2) is 18.4 Å². The average molecular weight is 333 g/mol. The van der Waals surface area contributed by atoms with E-state index in [2.05, 4.69) is 10.9 Å². The van der Waals surface area contributed by atoms with Gasteiger partial charge < -0.3 is 4.74 Å². The van der Waals surface area contributed by atoms with Crippen molar-refractivity contribution in [3.63, 3.8) is 0 Å². The third-order valence-corrected chi connectivity index (χ3v) is 3.20. The third kappa shape index (κ3) is 5.00. The Morgan fingerprint density at radius 3 is 2.26 bits per heavy atom. The molecule has 0 atom stereocenters. The van der Waals surface area contributed by atoms with E-state index in [1.165, 1.54) is 6.07 Å². The molecule has 2 rings (SSSR count). The predicted molar refractivity (Wildman–Crippen MR) is 88.6 cm³/mol. The van der Waals surface area contributed by atoms with Crippen LogP contribution >= 0.6 is 11.6 Å². The Bertz CT molecular complexity index is 686. The maximum absolute atomic E-state index is 12.0. The van der Waals surface area contributed by atoms with E-state index >= 15 is 0 Å². The van der Waals surface area contributed by atoms with Gasteiger partial charge in [-0.3, -0.25) is 20.4 Å². The number of carbonyl (C=O) groups is 2. The largest absolute Gasteiger partial charge is 0.494 e. The molecular formula is C17H17ClN2O3. The minimum Gasteiger partial charge on any atom is -0.494 e. The second kappa shape index (κ2) is 8.19. The molecule has 2 aromatic carbocycles. The molecule has 0 saturated carbocycles. The van der Waals surface area contributed by atoms with Gasteiger partial charge in [0.1, 0.15) is 5.75 Å². The zero-order chi connectivity index (χ0) is 16.7. The van der Waals surface area contributed by atoms with Gasteiger partial charge in [0.25, 0.3) is 11.8 Å². The number of rotatable bonds is 5. The maximum Gasteiger partial charge on any atom is 0.269 e. The quantitative estimate of drug-likeness (QED) is 0.826. The first-order valence-corrected chi connectivity index (χ1v) is 7.57. The molecule has 0 bridgehead atoms. The molecule has 0 aliphatic heterocycles. The summed E-state index contributed by atoms with van der Waals surface area (Å²) in [6, 6.07) is 13.1. The molecule has 0 aliphatic carbocycles. The maximum atomic E-state index is 12.0. The van der Waals surface area contributed by atoms with Gasteiger partial charge in [-0.2, -0.15) is 0 Å². The minimum absolute atomic E-state index is 0.362. The molecule has 2 aromatic rings. The number of hydrogen-bond donors (Lipinski definition) is 2. The minimum atomic E-state index is -0.441. The van der Waals surface area contributed by atoms with E-state index < -0.39 is 11.8 Å². The molecule has 5 nitrogen and oxygen atoms in total. The molecule has 0 radical (unpaired) electrons. The lowest BCUT2D eigenvalue weighted by Gasteiger charge is -2.09. The Morgan fingerprint density at radius 1 is 1.00 bits per heavy atom. The molecule has 2 amide bonds. The van der Waals surface area contributed by atoms with Gasteiger partial charge in [-0.1, -0.05) is 24.6 Å². The van der Waals surface area contributed by atoms with Crippen molar-refractivity contribution in [2.24, 2.45) is 0 Å². The normalized spacial score (nSPS) is 10.0. The van der Waals surface area contributed by atoms with Crippen LogP contribution in [0.3, 0.4) is 0 Å². The number of hydrogen-bond acceptors (Lipinski definition) is 3. The Labute approximate surface area is 139 Å². The summed E-state index contributed by atoms with van der Waals surface area (Å²) in [6.45, 7) is 2.64. The van der Waals surface area contributed by atoms with Crippen molar-refractivity contribution in [3.8, 4) is 5.75 Å². The lowest BCUT2D eigenvalue weighted by atomic mass is 10.2. The molecule has 120 valence electrons. The van der Waals surface area contributed by atoms with Gasteiger partial charge in [-0.25, -0.2) is 0 Å². The van der Waals surface area contributed by atoms with Gasteiger partial charge in [-0.05, 0) is 48.9 Å². The van der Waals surface area contributed by atoms with Crippen LogP contribution in [0.4, 0.5) is 0 Å². The lowest BCUT2D eigenvalue weighted by molar-refractivity contribution is 0.0846. The van der Waals surface area contributed by atoms with Gasteiger partial charge in [0.15, 0.2) is 0 Å². The van der Waals surface area contributed by atoms with Gasteiger partial charge >= 0.3 is 0 Å². The summed E-state index contributed by atoms with van der Waals surface area (Å²) in [5, 5.41) is 0.451. The molecule has 0 unspecified atom stereocenters. The van der Waals surface area contributed by atoms with Crippen LogP contribution < -0.4 is 15.6 Å². The van der Waals surface area contributed by atoms with Crippen molar-refractivity contribution in [1.29, 1.82) is 0 Å². The number of hydrazine groups is 1. The fourth-order valence-corrected chi connectivity index (χ4v) is 2.00. The molecule has 0 saturated heterocycles. The van der Waals surface area contributed by atoms with Gasteiger partial charge in [-0.15, -0.1) is 0 Å². The molecule has 0 aliphatic rings. The summed E-state index contributed by atoms with van der Waals surface area (Å²) in [6.07, 6.45) is 0.914. The van der Waals surface area contributed by atoms with Crippen LogP contribution in [0.15, 0.2) is 48.5 Å². The number of carbonyl (C=O) groups excluding carboxylic acids is 2. The van der Waals surface area contributed by atoms with Crippen LogP contribution in [0, 0.1) is 0 Å². The monoisotopic (exact) mass is 332 g/mol. The average Bonchev–Trinajstić information content (AvgIpc) is 2.58. The van der Waals surface area contributed by atoms with E-state index in [1.54, 1.807) is 42.5 Å². The van der Waals surface area contributed by atoms with Crippen molar-refractivity contribution in [1.82, 2.24) is 10.9 Å². The molecule has 6 heteroatoms. The summed E-state index contributed by atoms with van der Waals surface area (Å²) < 4.78 is 5.44. The lowest BCUT2D eigenvalue weighted by Crippen LogP contribution is -2.41. The summed E-state index contributed by atoms with van der Waals surface area (Å²) in [5.74, 6) is -0.155. The summed E-state index contributed by atoms with van der Waals surface area (Å²) in [4.78, 5) is 23.9. The SMILES string of the molecule is CCCOc1ccc(C(=O)NNC(=O)c2cccc(Cl)c2)cc1. The van der Waals surface area contributed by atoms with Gasteiger partial charge in [0.2, 0.25) is 0 Å². The van der Waals surface area contributed by atoms with Gasteiger partial charge in [0, 0.05) is 16.1 Å². The van der Waals surface area contributed by atoms with Crippen LogP contribution in [0.25, 0.3) is 0 Å². The molecule has 0 heterocycles. The highest BCUT2D eigenvalue weighted by atomic mass is 35.5. The molecule has 2 N–H and O–H groups in total. The first-order valence-electron chi connectivity index (χ1n) is 7.19. The smallest absolute Gasteiger partial charge is 0.269 e. The van der Waals surface area contributed by atoms with E-state index in [9.17, 15) is 9.59 Å². The standard InChI is InChI=1S/C17H17ClN2O3/c1-2-10-23-15-8-6-12(7-9-15)16(21)19-20-17(22)13-4-3-5-14(18)11-13/h3-9,11H,2,10H2,1H3,(H,19,21)(H,20,22). The zero-order valence-electron chi connectivity index (χ0n) is 12.6. The number of ether oxygens (including phenoxy) is 1. The molecule has 0 spiro atoms. The predicted octanol–water partition coefficient (Wildman–Crippen LogP) is 3.20. The Balaban J connectivity index is 1.90. The fourth-order valence-electron chi connectivity index (χ4n) is 1.81. The fraction of sp³-hybridized carbons (Fsp3) is 0.176. The highest BCUT2D eigenvalue weighted by Crippen LogP contribution is 2.12. The second-order valence-electron chi connectivity index (χ2n) is 4.79. The summed E-state index contributed by atoms with van der Waals surface area (Å²) in [5.41, 5.74) is 5.48. The van der Waals surface area contributed by atoms with Crippen molar-refractivity contribution in [2.75, 3.05) is 6.61 Å². The van der Waals surface area contributed by atoms with Crippen LogP contribution in [-0.2, 0) is 0 Å². The van der Waals surface area contributed by atoms with Crippen molar-refractivity contribution < 1.29 is 14.3 Å². The first-order chi connectivity index (χ1) is 11.1. The zero-order valence-corrected chi connectivity index (χ0v) is 13.4. The van der Waals surface area contributed by atoms with Crippen molar-refractivity contribution >= 4 is 23.4 Å². The molecule has 0 fully saturated rings. The van der Waals surface area contributed by atoms with Crippen LogP contribution in [0.1, 0.15) is 34.1 Å². The Morgan fingerprint density at radius 2 is 1.65 bits per heavy atom. The van der Waals surface area contributed by atoms with E-state index in [4.69, 9.17) is 16.3 Å². The third-order valence-electron chi connectivity index (χ3n) is 2.97. The number of halogens is 1. The molecular weight excluding hydrogens is 316 g/mol. The Hall–Kier alpha value is -2.53. The summed E-state index contributed by atoms with van der Waals surface area (Å²) >= 11 is 5.82. The summed E-state index contributed by atoms with van der Waals surface area (Å²) in [7, 11) is 0. The van der Waals surface area contributed by atoms with E-state index in [-0.39, 0.29) is 0 Å². The van der Waals surface area contributed by atoms with Crippen molar-refractivity contribution in [2.45, 2.75) is 13.3 Å². The molecule has 0 aromatic heterocycles. The van der Waals surface area contributed by atoms with Crippen molar-refractivity contribution in [3.05, 3.63) is 64.7 Å². The number of benzene rings is 2. The topological polar surface area (TPSA) is 67.4 Å². The second-order valence-corrected chi connectivity index (χ2v) is 5.23. The van der Waals surface area contributed by atoms with E-state index in [1.807, 2.05) is 6.92 Å². The number of amides is 2. The van der Waals surface area contributed by atoms with Crippen LogP contribution in [0.5, 0.6) is 5.75 Å².